The molecule has 0 aliphatic carbocycles. The van der Waals surface area contributed by atoms with Crippen LogP contribution in [0.15, 0.2) is 48.5 Å². The predicted molar refractivity (Wildman–Crippen MR) is 174 cm³/mol. The van der Waals surface area contributed by atoms with Crippen molar-refractivity contribution in [2.75, 3.05) is 33.0 Å². The Bertz CT molecular complexity index is 1350. The summed E-state index contributed by atoms with van der Waals surface area (Å²) in [4.78, 5) is 0. The molecule has 0 spiro atoms. The van der Waals surface area contributed by atoms with Crippen LogP contribution in [0.5, 0.6) is 11.5 Å². The minimum atomic E-state index is -2.03. The highest BCUT2D eigenvalue weighted by Crippen LogP contribution is 2.34. The molecular weight excluding hydrogens is 676 g/mol. The van der Waals surface area contributed by atoms with Gasteiger partial charge in [0.25, 0.3) is 0 Å². The van der Waals surface area contributed by atoms with E-state index in [9.17, 15) is 51.1 Å². The van der Waals surface area contributed by atoms with Crippen molar-refractivity contribution in [1.82, 2.24) is 0 Å². The molecule has 0 aromatic heterocycles. The third kappa shape index (κ3) is 9.73. The number of rotatable bonds is 17. The van der Waals surface area contributed by atoms with Gasteiger partial charge in [-0.3, -0.25) is 0 Å². The molecular formula is C35H50O16. The molecule has 51 heavy (non-hydrogen) atoms. The third-order valence-electron chi connectivity index (χ3n) is 9.72. The Labute approximate surface area is 294 Å². The van der Waals surface area contributed by atoms with Gasteiger partial charge in [0.1, 0.15) is 59.3 Å². The number of aryl methyl sites for hydroxylation is 2. The molecule has 3 aliphatic heterocycles. The maximum absolute atomic E-state index is 11.3. The SMILES string of the molecule is OC[C@@]1(O)CO[C@H](OC[C@H]2O[C@@H](OC(CCCCc3ccc(O)cc3)CCc3ccc(O)cc3)[C@H](O[C@H]3OC[C@](O)(CO)[C@H]3O)[C@@H](O)[C@@H]2O)[C@@H]1O. The molecule has 0 amide bonds. The van der Waals surface area contributed by atoms with Crippen LogP contribution in [-0.4, -0.2) is 157 Å². The number of unbranched alkanes of at least 4 members (excludes halogenated alkanes) is 1. The number of phenols is 2. The van der Waals surface area contributed by atoms with Crippen LogP contribution in [0.3, 0.4) is 0 Å². The Morgan fingerprint density at radius 3 is 1.80 bits per heavy atom. The zero-order chi connectivity index (χ0) is 36.8. The van der Waals surface area contributed by atoms with E-state index >= 15 is 0 Å². The van der Waals surface area contributed by atoms with E-state index in [1.54, 1.807) is 36.4 Å². The summed E-state index contributed by atoms with van der Waals surface area (Å²) in [5.74, 6) is 0.301. The van der Waals surface area contributed by atoms with Crippen LogP contribution in [0, 0.1) is 0 Å². The first-order valence-corrected chi connectivity index (χ1v) is 17.1. The fourth-order valence-corrected chi connectivity index (χ4v) is 6.31. The molecule has 0 radical (unpaired) electrons. The van der Waals surface area contributed by atoms with Gasteiger partial charge >= 0.3 is 0 Å². The second-order valence-electron chi connectivity index (χ2n) is 13.6. The van der Waals surface area contributed by atoms with E-state index in [1.807, 2.05) is 12.1 Å². The second kappa shape index (κ2) is 17.5. The molecule has 3 saturated heterocycles. The summed E-state index contributed by atoms with van der Waals surface area (Å²) in [6, 6.07) is 13.7. The molecule has 1 unspecified atom stereocenters. The largest absolute Gasteiger partial charge is 0.508 e. The van der Waals surface area contributed by atoms with Gasteiger partial charge < -0.3 is 79.5 Å². The summed E-state index contributed by atoms with van der Waals surface area (Å²) in [6.07, 6.45) is -10.5. The summed E-state index contributed by atoms with van der Waals surface area (Å²) in [5, 5.41) is 103. The van der Waals surface area contributed by atoms with E-state index in [0.717, 1.165) is 24.0 Å². The number of aromatic hydroxyl groups is 2. The summed E-state index contributed by atoms with van der Waals surface area (Å²) in [6.45, 7) is -2.95. The zero-order valence-electron chi connectivity index (χ0n) is 28.1. The normalized spacial score (nSPS) is 36.0. The van der Waals surface area contributed by atoms with Gasteiger partial charge in [-0.25, -0.2) is 0 Å². The summed E-state index contributed by atoms with van der Waals surface area (Å²) in [7, 11) is 0. The average molecular weight is 727 g/mol. The number of phenolic OH excluding ortho intramolecular Hbond substituents is 2. The molecule has 12 atom stereocenters. The first-order valence-electron chi connectivity index (χ1n) is 17.1. The Morgan fingerprint density at radius 2 is 1.24 bits per heavy atom. The van der Waals surface area contributed by atoms with Gasteiger partial charge in [0.2, 0.25) is 0 Å². The number of aliphatic hydroxyl groups is 8. The van der Waals surface area contributed by atoms with Gasteiger partial charge in [0.05, 0.1) is 39.1 Å². The van der Waals surface area contributed by atoms with Gasteiger partial charge in [0.15, 0.2) is 18.9 Å². The van der Waals surface area contributed by atoms with Crippen molar-refractivity contribution in [2.45, 2.75) is 111 Å². The van der Waals surface area contributed by atoms with Gasteiger partial charge in [-0.15, -0.1) is 0 Å². The molecule has 16 nitrogen and oxygen atoms in total. The van der Waals surface area contributed by atoms with Crippen LogP contribution in [-0.2, 0) is 41.3 Å². The van der Waals surface area contributed by atoms with Crippen molar-refractivity contribution < 1.29 is 79.5 Å². The lowest BCUT2D eigenvalue weighted by atomic mass is 9.97. The van der Waals surface area contributed by atoms with E-state index in [1.165, 1.54) is 0 Å². The highest BCUT2D eigenvalue weighted by molar-refractivity contribution is 5.26. The van der Waals surface area contributed by atoms with E-state index in [0.29, 0.717) is 25.7 Å². The molecule has 3 fully saturated rings. The van der Waals surface area contributed by atoms with Crippen LogP contribution in [0.4, 0.5) is 0 Å². The van der Waals surface area contributed by atoms with Gasteiger partial charge in [-0.1, -0.05) is 30.7 Å². The lowest BCUT2D eigenvalue weighted by molar-refractivity contribution is -0.348. The molecule has 286 valence electrons. The Morgan fingerprint density at radius 1 is 0.686 bits per heavy atom. The van der Waals surface area contributed by atoms with Crippen LogP contribution >= 0.6 is 0 Å². The number of ether oxygens (including phenoxy) is 6. The summed E-state index contributed by atoms with van der Waals surface area (Å²) in [5.41, 5.74) is -2.01. The Hall–Kier alpha value is -2.52. The summed E-state index contributed by atoms with van der Waals surface area (Å²) < 4.78 is 34.8. The molecule has 2 aromatic carbocycles. The molecule has 3 aliphatic rings. The molecule has 3 heterocycles. The average Bonchev–Trinajstić information content (AvgIpc) is 3.58. The minimum Gasteiger partial charge on any atom is -0.508 e. The molecule has 2 aromatic rings. The molecule has 10 N–H and O–H groups in total. The van der Waals surface area contributed by atoms with Crippen molar-refractivity contribution in [2.24, 2.45) is 0 Å². The molecule has 0 bridgehead atoms. The first-order chi connectivity index (χ1) is 24.4. The van der Waals surface area contributed by atoms with Gasteiger partial charge in [0, 0.05) is 0 Å². The maximum Gasteiger partial charge on any atom is 0.187 e. The summed E-state index contributed by atoms with van der Waals surface area (Å²) >= 11 is 0. The van der Waals surface area contributed by atoms with Crippen molar-refractivity contribution in [3.63, 3.8) is 0 Å². The van der Waals surface area contributed by atoms with E-state index in [2.05, 4.69) is 0 Å². The van der Waals surface area contributed by atoms with Crippen LogP contribution < -0.4 is 0 Å². The number of hydrogen-bond donors (Lipinski definition) is 10. The quantitative estimate of drug-likeness (QED) is 0.0838. The smallest absolute Gasteiger partial charge is 0.187 e. The van der Waals surface area contributed by atoms with Crippen LogP contribution in [0.1, 0.15) is 36.8 Å². The van der Waals surface area contributed by atoms with Crippen molar-refractivity contribution in [3.05, 3.63) is 59.7 Å². The number of benzene rings is 2. The van der Waals surface area contributed by atoms with Crippen molar-refractivity contribution in [3.8, 4) is 11.5 Å². The third-order valence-corrected chi connectivity index (χ3v) is 9.72. The fourth-order valence-electron chi connectivity index (χ4n) is 6.31. The van der Waals surface area contributed by atoms with Crippen LogP contribution in [0.25, 0.3) is 0 Å². The van der Waals surface area contributed by atoms with Crippen molar-refractivity contribution in [1.29, 1.82) is 0 Å². The fraction of sp³-hybridized carbons (Fsp3) is 0.657. The Kier molecular flexibility index (Phi) is 13.6. The highest BCUT2D eigenvalue weighted by atomic mass is 16.8. The second-order valence-corrected chi connectivity index (χ2v) is 13.6. The first kappa shape index (κ1) is 39.7. The predicted octanol–water partition coefficient (Wildman–Crippen LogP) is -1.44. The van der Waals surface area contributed by atoms with E-state index < -0.39 is 106 Å². The Balaban J connectivity index is 1.32. The van der Waals surface area contributed by atoms with E-state index in [-0.39, 0.29) is 11.5 Å². The standard InChI is InChI=1S/C35H50O16/c36-16-34(44)18-47-32(29(34)42)46-15-25-26(40)27(41)28(51-33-30(43)35(45,17-37)19-48-33)31(50-25)49-24(14-9-21-7-12-23(39)13-8-21)4-2-1-3-20-5-10-22(38)11-6-20/h5-8,10-13,24-33,36-45H,1-4,9,14-19H2/t24?,25-,26-,27+,28-,29+,30+,31-,32+,33-,34-,35-/m1/s1. The minimum absolute atomic E-state index is 0.123. The lowest BCUT2D eigenvalue weighted by Crippen LogP contribution is -2.62. The monoisotopic (exact) mass is 726 g/mol. The maximum atomic E-state index is 11.3. The lowest BCUT2D eigenvalue weighted by Gasteiger charge is -2.44. The molecule has 16 heteroatoms. The number of aliphatic hydroxyl groups excluding tert-OH is 6. The topological polar surface area (TPSA) is 258 Å². The van der Waals surface area contributed by atoms with E-state index in [4.69, 9.17) is 28.4 Å². The van der Waals surface area contributed by atoms with Crippen LogP contribution in [0.2, 0.25) is 0 Å². The van der Waals surface area contributed by atoms with Gasteiger partial charge in [-0.05, 0) is 67.5 Å². The number of hydrogen-bond acceptors (Lipinski definition) is 16. The molecule has 5 rings (SSSR count). The zero-order valence-corrected chi connectivity index (χ0v) is 28.1. The van der Waals surface area contributed by atoms with Crippen molar-refractivity contribution >= 4 is 0 Å². The van der Waals surface area contributed by atoms with Gasteiger partial charge in [-0.2, -0.15) is 0 Å². The highest BCUT2D eigenvalue weighted by Gasteiger charge is 2.54. The molecule has 0 saturated carbocycles.